The average Bonchev–Trinajstić information content (AvgIpc) is 2.89. The van der Waals surface area contributed by atoms with Gasteiger partial charge in [-0.1, -0.05) is 55.4 Å². The molecule has 1 aromatic carbocycles. The number of nitrogens with one attached hydrogen (secondary N) is 1. The Bertz CT molecular complexity index is 1170. The van der Waals surface area contributed by atoms with Crippen LogP contribution in [0.3, 0.4) is 0 Å². The predicted molar refractivity (Wildman–Crippen MR) is 156 cm³/mol. The maximum atomic E-state index is 12.5. The summed E-state index contributed by atoms with van der Waals surface area (Å²) in [6.07, 6.45) is 8.52. The first-order valence-corrected chi connectivity index (χ1v) is 13.7. The van der Waals surface area contributed by atoms with Crippen LogP contribution in [-0.4, -0.2) is 63.6 Å². The van der Waals surface area contributed by atoms with E-state index in [1.165, 1.54) is 30.1 Å². The van der Waals surface area contributed by atoms with Gasteiger partial charge < -0.3 is 35.2 Å². The van der Waals surface area contributed by atoms with Crippen molar-refractivity contribution in [2.24, 2.45) is 5.41 Å². The van der Waals surface area contributed by atoms with E-state index < -0.39 is 37.3 Å². The summed E-state index contributed by atoms with van der Waals surface area (Å²) in [6.45, 7) is 10.2. The normalized spacial score (nSPS) is 27.9. The molecule has 1 aromatic rings. The van der Waals surface area contributed by atoms with E-state index >= 15 is 0 Å². The molecule has 0 saturated carbocycles. The minimum absolute atomic E-state index is 0.208. The van der Waals surface area contributed by atoms with Crippen LogP contribution in [0.25, 0.3) is 0 Å². The summed E-state index contributed by atoms with van der Waals surface area (Å²) in [4.78, 5) is 12.5. The standard InChI is InChI=1S/C32H43NO7/c1-20(11-16-25-22(3)10-7-17-32(25,4)5)8-6-9-21(2)18-27(35)33-23-12-14-24(15-13-23)39-31-30(38)29(37)28(36)26(19-34)40-31/h6,8-9,11-16,18,26,28-31,34,36-38H,7,10,17,19H2,1-5H3,(H,33,35)/b9-6+,16-11+,20-8+,21-18+/t26-,28-,29+,30+,31+/m1/s1. The van der Waals surface area contributed by atoms with E-state index in [4.69, 9.17) is 9.47 Å². The molecule has 8 nitrogen and oxygen atoms in total. The summed E-state index contributed by atoms with van der Waals surface area (Å²) < 4.78 is 10.9. The van der Waals surface area contributed by atoms with E-state index in [0.29, 0.717) is 11.4 Å². The van der Waals surface area contributed by atoms with Crippen LogP contribution < -0.4 is 10.1 Å². The summed E-state index contributed by atoms with van der Waals surface area (Å²) in [6, 6.07) is 6.39. The molecule has 1 saturated heterocycles. The van der Waals surface area contributed by atoms with Crippen LogP contribution in [0.2, 0.25) is 0 Å². The molecule has 5 atom stereocenters. The van der Waals surface area contributed by atoms with Crippen molar-refractivity contribution >= 4 is 11.6 Å². The average molecular weight is 554 g/mol. The monoisotopic (exact) mass is 553 g/mol. The van der Waals surface area contributed by atoms with Crippen LogP contribution >= 0.6 is 0 Å². The van der Waals surface area contributed by atoms with E-state index in [9.17, 15) is 25.2 Å². The second-order valence-electron chi connectivity index (χ2n) is 11.3. The maximum Gasteiger partial charge on any atom is 0.248 e. The van der Waals surface area contributed by atoms with Gasteiger partial charge >= 0.3 is 0 Å². The molecule has 3 rings (SSSR count). The third-order valence-corrected chi connectivity index (χ3v) is 7.35. The summed E-state index contributed by atoms with van der Waals surface area (Å²) in [7, 11) is 0. The molecule has 0 bridgehead atoms. The van der Waals surface area contributed by atoms with E-state index in [0.717, 1.165) is 17.6 Å². The largest absolute Gasteiger partial charge is 0.462 e. The SMILES string of the molecule is CC1=C(/C=C/C(C)=C/C=C/C(C)=C/C(=O)Nc2ccc(O[C@H]3O[C@H](CO)[C@@H](O)[C@H](O)[C@@H]3O)cc2)C(C)(C)CCC1. The van der Waals surface area contributed by atoms with Crippen molar-refractivity contribution in [1.82, 2.24) is 0 Å². The second kappa shape index (κ2) is 14.1. The van der Waals surface area contributed by atoms with Gasteiger partial charge in [0.25, 0.3) is 0 Å². The van der Waals surface area contributed by atoms with Crippen molar-refractivity contribution in [2.75, 3.05) is 11.9 Å². The third kappa shape index (κ3) is 8.49. The number of carbonyl (C=O) groups is 1. The van der Waals surface area contributed by atoms with Crippen LogP contribution in [0.1, 0.15) is 53.9 Å². The number of hydrogen-bond acceptors (Lipinski definition) is 7. The number of carbonyl (C=O) groups excluding carboxylic acids is 1. The number of benzene rings is 1. The van der Waals surface area contributed by atoms with Gasteiger partial charge in [-0.25, -0.2) is 0 Å². The number of amides is 1. The molecule has 0 unspecified atom stereocenters. The minimum Gasteiger partial charge on any atom is -0.462 e. The smallest absolute Gasteiger partial charge is 0.248 e. The highest BCUT2D eigenvalue weighted by Crippen LogP contribution is 2.40. The molecule has 0 radical (unpaired) electrons. The number of ether oxygens (including phenoxy) is 2. The molecule has 1 heterocycles. The fourth-order valence-corrected chi connectivity index (χ4v) is 4.98. The van der Waals surface area contributed by atoms with Crippen LogP contribution in [-0.2, 0) is 9.53 Å². The van der Waals surface area contributed by atoms with E-state index in [2.05, 4.69) is 45.2 Å². The van der Waals surface area contributed by atoms with Gasteiger partial charge in [0.1, 0.15) is 30.2 Å². The van der Waals surface area contributed by atoms with Crippen molar-refractivity contribution in [3.8, 4) is 5.75 Å². The van der Waals surface area contributed by atoms with Gasteiger partial charge in [-0.3, -0.25) is 4.79 Å². The number of allylic oxidation sites excluding steroid dienone is 9. The molecule has 0 aromatic heterocycles. The molecule has 40 heavy (non-hydrogen) atoms. The summed E-state index contributed by atoms with van der Waals surface area (Å²) >= 11 is 0. The zero-order valence-electron chi connectivity index (χ0n) is 24.0. The van der Waals surface area contributed by atoms with Crippen LogP contribution in [0.4, 0.5) is 5.69 Å². The number of hydrogen-bond donors (Lipinski definition) is 5. The first kappa shape index (κ1) is 31.5. The Labute approximate surface area is 237 Å². The molecule has 1 aliphatic heterocycles. The van der Waals surface area contributed by atoms with Gasteiger partial charge in [0.05, 0.1) is 6.61 Å². The lowest BCUT2D eigenvalue weighted by molar-refractivity contribution is -0.277. The van der Waals surface area contributed by atoms with Crippen molar-refractivity contribution in [1.29, 1.82) is 0 Å². The van der Waals surface area contributed by atoms with Gasteiger partial charge in [0.2, 0.25) is 12.2 Å². The van der Waals surface area contributed by atoms with Crippen LogP contribution in [0.15, 0.2) is 83.0 Å². The zero-order chi connectivity index (χ0) is 29.4. The Morgan fingerprint density at radius 1 is 1.07 bits per heavy atom. The molecular formula is C32H43NO7. The number of aliphatic hydroxyl groups excluding tert-OH is 4. The fourth-order valence-electron chi connectivity index (χ4n) is 4.98. The summed E-state index contributed by atoms with van der Waals surface area (Å²) in [5, 5.41) is 42.0. The van der Waals surface area contributed by atoms with Gasteiger partial charge in [0.15, 0.2) is 0 Å². The molecule has 218 valence electrons. The molecule has 0 spiro atoms. The quantitative estimate of drug-likeness (QED) is 0.227. The molecular weight excluding hydrogens is 510 g/mol. The Hall–Kier alpha value is -3.01. The van der Waals surface area contributed by atoms with Crippen molar-refractivity contribution in [3.63, 3.8) is 0 Å². The topological polar surface area (TPSA) is 128 Å². The van der Waals surface area contributed by atoms with Crippen LogP contribution in [0, 0.1) is 5.41 Å². The van der Waals surface area contributed by atoms with Crippen molar-refractivity contribution in [3.05, 3.63) is 83.0 Å². The van der Waals surface area contributed by atoms with Gasteiger partial charge in [0, 0.05) is 11.8 Å². The first-order chi connectivity index (χ1) is 18.9. The maximum absolute atomic E-state index is 12.5. The Balaban J connectivity index is 1.53. The summed E-state index contributed by atoms with van der Waals surface area (Å²) in [5.74, 6) is 0.0268. The van der Waals surface area contributed by atoms with Gasteiger partial charge in [-0.05, 0) is 80.9 Å². The molecule has 1 fully saturated rings. The highest BCUT2D eigenvalue weighted by atomic mass is 16.7. The lowest BCUT2D eigenvalue weighted by atomic mass is 9.72. The summed E-state index contributed by atoms with van der Waals surface area (Å²) in [5.41, 5.74) is 5.56. The minimum atomic E-state index is -1.52. The first-order valence-electron chi connectivity index (χ1n) is 13.7. The number of rotatable bonds is 9. The number of aliphatic hydroxyl groups is 4. The van der Waals surface area contributed by atoms with E-state index in [1.54, 1.807) is 24.3 Å². The lowest BCUT2D eigenvalue weighted by Gasteiger charge is -2.39. The fraction of sp³-hybridized carbons (Fsp3) is 0.469. The van der Waals surface area contributed by atoms with Gasteiger partial charge in [-0.15, -0.1) is 0 Å². The third-order valence-electron chi connectivity index (χ3n) is 7.35. The van der Waals surface area contributed by atoms with Crippen LogP contribution in [0.5, 0.6) is 5.75 Å². The zero-order valence-corrected chi connectivity index (χ0v) is 24.0. The number of anilines is 1. The van der Waals surface area contributed by atoms with E-state index in [1.807, 2.05) is 25.2 Å². The second-order valence-corrected chi connectivity index (χ2v) is 11.3. The highest BCUT2D eigenvalue weighted by molar-refractivity contribution is 6.00. The van der Waals surface area contributed by atoms with Gasteiger partial charge in [-0.2, -0.15) is 0 Å². The molecule has 8 heteroatoms. The molecule has 2 aliphatic rings. The highest BCUT2D eigenvalue weighted by Gasteiger charge is 2.44. The molecule has 1 amide bonds. The van der Waals surface area contributed by atoms with E-state index in [-0.39, 0.29) is 11.3 Å². The van der Waals surface area contributed by atoms with Crippen molar-refractivity contribution in [2.45, 2.75) is 84.6 Å². The Kier molecular flexibility index (Phi) is 11.1. The van der Waals surface area contributed by atoms with Crippen molar-refractivity contribution < 1.29 is 34.7 Å². The molecule has 1 aliphatic carbocycles. The Morgan fingerprint density at radius 2 is 1.77 bits per heavy atom. The molecule has 5 N–H and O–H groups in total. The Morgan fingerprint density at radius 3 is 2.42 bits per heavy atom. The predicted octanol–water partition coefficient (Wildman–Crippen LogP) is 4.34. The lowest BCUT2D eigenvalue weighted by Crippen LogP contribution is -2.60.